The number of nitrogens with one attached hydrogen (secondary N) is 1. The van der Waals surface area contributed by atoms with Gasteiger partial charge in [-0.2, -0.15) is 5.10 Å². The van der Waals surface area contributed by atoms with Gasteiger partial charge in [0.2, 0.25) is 0 Å². The van der Waals surface area contributed by atoms with Gasteiger partial charge in [0.25, 0.3) is 0 Å². The minimum Gasteiger partial charge on any atom is -0.493 e. The molecular weight excluding hydrogens is 300 g/mol. The van der Waals surface area contributed by atoms with E-state index in [-0.39, 0.29) is 6.04 Å². The Kier molecular flexibility index (Phi) is 4.05. The van der Waals surface area contributed by atoms with Crippen molar-refractivity contribution in [1.82, 2.24) is 15.2 Å². The van der Waals surface area contributed by atoms with Gasteiger partial charge in [-0.15, -0.1) is 0 Å². The van der Waals surface area contributed by atoms with E-state index < -0.39 is 0 Å². The van der Waals surface area contributed by atoms with Crippen molar-refractivity contribution in [1.29, 1.82) is 0 Å². The first kappa shape index (κ1) is 13.1. The molecule has 98 valence electrons. The monoisotopic (exact) mass is 314 g/mol. The van der Waals surface area contributed by atoms with E-state index in [0.29, 0.717) is 16.2 Å². The Morgan fingerprint density at radius 2 is 2.39 bits per heavy atom. The Morgan fingerprint density at radius 1 is 1.61 bits per heavy atom. The number of methoxy groups -OCH3 is 1. The van der Waals surface area contributed by atoms with E-state index in [1.165, 1.54) is 0 Å². The molecule has 0 saturated heterocycles. The van der Waals surface area contributed by atoms with Crippen LogP contribution < -0.4 is 16.0 Å². The summed E-state index contributed by atoms with van der Waals surface area (Å²) in [4.78, 5) is 0. The highest BCUT2D eigenvalue weighted by Gasteiger charge is 2.24. The number of halogens is 1. The molecule has 18 heavy (non-hydrogen) atoms. The summed E-state index contributed by atoms with van der Waals surface area (Å²) in [5.41, 5.74) is 3.57. The average molecular weight is 315 g/mol. The third kappa shape index (κ3) is 2.29. The van der Waals surface area contributed by atoms with E-state index in [1.807, 2.05) is 23.7 Å². The molecule has 0 saturated carbocycles. The van der Waals surface area contributed by atoms with E-state index in [4.69, 9.17) is 15.0 Å². The highest BCUT2D eigenvalue weighted by Crippen LogP contribution is 2.31. The lowest BCUT2D eigenvalue weighted by Gasteiger charge is -2.16. The second-order valence-corrected chi connectivity index (χ2v) is 4.44. The lowest BCUT2D eigenvalue weighted by Crippen LogP contribution is -2.30. The molecule has 0 spiro atoms. The van der Waals surface area contributed by atoms with Crippen LogP contribution >= 0.6 is 15.9 Å². The zero-order valence-corrected chi connectivity index (χ0v) is 11.8. The molecule has 3 N–H and O–H groups in total. The van der Waals surface area contributed by atoms with Crippen molar-refractivity contribution < 1.29 is 9.15 Å². The number of aryl methyl sites for hydroxylation is 1. The maximum Gasteiger partial charge on any atom is 0.169 e. The number of furan rings is 1. The van der Waals surface area contributed by atoms with E-state index in [1.54, 1.807) is 13.3 Å². The van der Waals surface area contributed by atoms with Gasteiger partial charge >= 0.3 is 0 Å². The van der Waals surface area contributed by atoms with E-state index in [9.17, 15) is 0 Å². The van der Waals surface area contributed by atoms with E-state index >= 15 is 0 Å². The third-order valence-electron chi connectivity index (χ3n) is 2.68. The summed E-state index contributed by atoms with van der Waals surface area (Å²) in [7, 11) is 1.60. The molecule has 0 fully saturated rings. The Bertz CT molecular complexity index is 501. The van der Waals surface area contributed by atoms with Crippen LogP contribution in [-0.4, -0.2) is 16.9 Å². The minimum atomic E-state index is -0.311. The number of nitrogens with zero attached hydrogens (tertiary/aromatic N) is 2. The smallest absolute Gasteiger partial charge is 0.169 e. The summed E-state index contributed by atoms with van der Waals surface area (Å²) in [5.74, 6) is 7.00. The number of aromatic nitrogens is 2. The van der Waals surface area contributed by atoms with Gasteiger partial charge in [0.15, 0.2) is 10.4 Å². The minimum absolute atomic E-state index is 0.311. The number of hydrogen-bond donors (Lipinski definition) is 2. The number of ether oxygens (including phenoxy) is 1. The van der Waals surface area contributed by atoms with Crippen LogP contribution in [0, 0.1) is 0 Å². The maximum atomic E-state index is 5.63. The highest BCUT2D eigenvalue weighted by atomic mass is 79.9. The molecule has 0 aliphatic carbocycles. The van der Waals surface area contributed by atoms with E-state index in [2.05, 4.69) is 26.5 Å². The first-order chi connectivity index (χ1) is 8.71. The fourth-order valence-electron chi connectivity index (χ4n) is 1.86. The first-order valence-corrected chi connectivity index (χ1v) is 6.31. The maximum absolute atomic E-state index is 5.63. The number of hydrazine groups is 1. The summed E-state index contributed by atoms with van der Waals surface area (Å²) in [6.07, 6.45) is 1.67. The van der Waals surface area contributed by atoms with Gasteiger partial charge in [-0.3, -0.25) is 10.5 Å². The standard InChI is InChI=1S/C11H15BrN4O2/c1-3-16-11(8(17-2)6-14-16)10(15-13)7-4-5-9(12)18-7/h4-6,10,15H,3,13H2,1-2H3. The van der Waals surface area contributed by atoms with Gasteiger partial charge in [0, 0.05) is 6.54 Å². The zero-order chi connectivity index (χ0) is 13.1. The van der Waals surface area contributed by atoms with Gasteiger partial charge in [-0.05, 0) is 35.0 Å². The van der Waals surface area contributed by atoms with Crippen LogP contribution in [0.1, 0.15) is 24.4 Å². The Morgan fingerprint density at radius 3 is 2.89 bits per heavy atom. The molecule has 2 aromatic heterocycles. The van der Waals surface area contributed by atoms with E-state index in [0.717, 1.165) is 12.2 Å². The summed E-state index contributed by atoms with van der Waals surface area (Å²) < 4.78 is 13.3. The fraction of sp³-hybridized carbons (Fsp3) is 0.364. The van der Waals surface area contributed by atoms with Gasteiger partial charge in [-0.25, -0.2) is 5.43 Å². The van der Waals surface area contributed by atoms with Crippen LogP contribution in [0.25, 0.3) is 0 Å². The van der Waals surface area contributed by atoms with Crippen molar-refractivity contribution in [3.63, 3.8) is 0 Å². The number of hydrogen-bond acceptors (Lipinski definition) is 5. The largest absolute Gasteiger partial charge is 0.493 e. The lowest BCUT2D eigenvalue weighted by atomic mass is 10.1. The fourth-order valence-corrected chi connectivity index (χ4v) is 2.18. The average Bonchev–Trinajstić information content (AvgIpc) is 2.97. The second kappa shape index (κ2) is 5.55. The normalized spacial score (nSPS) is 12.7. The van der Waals surface area contributed by atoms with Crippen LogP contribution in [0.2, 0.25) is 0 Å². The predicted octanol–water partition coefficient (Wildman–Crippen LogP) is 1.82. The lowest BCUT2D eigenvalue weighted by molar-refractivity contribution is 0.381. The Hall–Kier alpha value is -1.31. The SMILES string of the molecule is CCn1ncc(OC)c1C(NN)c1ccc(Br)o1. The molecule has 1 unspecified atom stereocenters. The molecule has 6 nitrogen and oxygen atoms in total. The topological polar surface area (TPSA) is 78.2 Å². The van der Waals surface area contributed by atoms with Gasteiger partial charge in [-0.1, -0.05) is 0 Å². The molecular formula is C11H15BrN4O2. The molecule has 2 heterocycles. The molecule has 7 heteroatoms. The van der Waals surface area contributed by atoms with Crippen molar-refractivity contribution in [2.45, 2.75) is 19.5 Å². The Labute approximate surface area is 113 Å². The zero-order valence-electron chi connectivity index (χ0n) is 10.2. The molecule has 0 amide bonds. The summed E-state index contributed by atoms with van der Waals surface area (Å²) >= 11 is 3.28. The van der Waals surface area contributed by atoms with Crippen LogP contribution in [-0.2, 0) is 6.54 Å². The van der Waals surface area contributed by atoms with Crippen molar-refractivity contribution in [3.05, 3.63) is 34.5 Å². The number of nitrogens with two attached hydrogens (primary N) is 1. The quantitative estimate of drug-likeness (QED) is 0.650. The second-order valence-electron chi connectivity index (χ2n) is 3.66. The summed E-state index contributed by atoms with van der Waals surface area (Å²) in [6, 6.07) is 3.36. The highest BCUT2D eigenvalue weighted by molar-refractivity contribution is 9.10. The molecule has 0 bridgehead atoms. The molecule has 2 aromatic rings. The van der Waals surface area contributed by atoms with Crippen LogP contribution in [0.5, 0.6) is 5.75 Å². The number of rotatable bonds is 5. The molecule has 0 aliphatic heterocycles. The van der Waals surface area contributed by atoms with Gasteiger partial charge in [0.1, 0.15) is 17.5 Å². The van der Waals surface area contributed by atoms with Crippen LogP contribution in [0.15, 0.2) is 27.4 Å². The van der Waals surface area contributed by atoms with Crippen molar-refractivity contribution in [2.24, 2.45) is 5.84 Å². The summed E-state index contributed by atoms with van der Waals surface area (Å²) in [5, 5.41) is 4.25. The predicted molar refractivity (Wildman–Crippen MR) is 70.0 cm³/mol. The first-order valence-electron chi connectivity index (χ1n) is 5.52. The van der Waals surface area contributed by atoms with Gasteiger partial charge < -0.3 is 9.15 Å². The molecule has 2 rings (SSSR count). The third-order valence-corrected chi connectivity index (χ3v) is 3.11. The Balaban J connectivity index is 2.46. The van der Waals surface area contributed by atoms with Crippen molar-refractivity contribution in [3.8, 4) is 5.75 Å². The molecule has 0 aromatic carbocycles. The molecule has 1 atom stereocenters. The summed E-state index contributed by atoms with van der Waals surface area (Å²) in [6.45, 7) is 2.72. The molecule has 0 radical (unpaired) electrons. The van der Waals surface area contributed by atoms with Gasteiger partial charge in [0.05, 0.1) is 13.3 Å². The molecule has 0 aliphatic rings. The van der Waals surface area contributed by atoms with Crippen molar-refractivity contribution >= 4 is 15.9 Å². The van der Waals surface area contributed by atoms with Crippen LogP contribution in [0.4, 0.5) is 0 Å². The van der Waals surface area contributed by atoms with Crippen molar-refractivity contribution in [2.75, 3.05) is 7.11 Å². The van der Waals surface area contributed by atoms with Crippen LogP contribution in [0.3, 0.4) is 0 Å².